The zero-order chi connectivity index (χ0) is 18.0. The lowest BCUT2D eigenvalue weighted by molar-refractivity contribution is -0.237. The summed E-state index contributed by atoms with van der Waals surface area (Å²) in [5, 5.41) is 4.12. The summed E-state index contributed by atoms with van der Waals surface area (Å²) in [6.07, 6.45) is 3.72. The number of carbonyl (C=O) groups is 2. The molecule has 2 aromatic rings. The number of fused-ring (bicyclic) bond motifs is 1. The maximum Gasteiger partial charge on any atom is 0.310 e. The van der Waals surface area contributed by atoms with Crippen molar-refractivity contribution in [1.82, 2.24) is 14.5 Å². The number of amides is 1. The number of methoxy groups -OCH3 is 3. The lowest BCUT2D eigenvalue weighted by atomic mass is 9.92. The van der Waals surface area contributed by atoms with Gasteiger partial charge < -0.3 is 19.1 Å². The molecule has 1 atom stereocenters. The monoisotopic (exact) mass is 347 g/mol. The van der Waals surface area contributed by atoms with E-state index in [1.807, 2.05) is 6.07 Å². The molecule has 0 saturated carbocycles. The van der Waals surface area contributed by atoms with Crippen molar-refractivity contribution in [2.75, 3.05) is 34.4 Å². The lowest BCUT2D eigenvalue weighted by Gasteiger charge is -2.43. The average Bonchev–Trinajstić information content (AvgIpc) is 3.13. The van der Waals surface area contributed by atoms with Crippen LogP contribution in [0.5, 0.6) is 0 Å². The molecule has 1 saturated heterocycles. The van der Waals surface area contributed by atoms with Gasteiger partial charge in [-0.25, -0.2) is 4.52 Å². The lowest BCUT2D eigenvalue weighted by Crippen LogP contribution is -2.57. The first-order valence-electron chi connectivity index (χ1n) is 7.93. The molecule has 134 valence electrons. The Labute approximate surface area is 145 Å². The zero-order valence-electron chi connectivity index (χ0n) is 14.5. The average molecular weight is 347 g/mol. The van der Waals surface area contributed by atoms with Crippen LogP contribution < -0.4 is 0 Å². The van der Waals surface area contributed by atoms with Crippen molar-refractivity contribution >= 4 is 17.4 Å². The maximum absolute atomic E-state index is 13.0. The Kier molecular flexibility index (Phi) is 4.73. The van der Waals surface area contributed by atoms with Crippen molar-refractivity contribution < 1.29 is 23.8 Å². The molecule has 2 aromatic heterocycles. The number of hydrogen-bond acceptors (Lipinski definition) is 6. The summed E-state index contributed by atoms with van der Waals surface area (Å²) >= 11 is 0. The van der Waals surface area contributed by atoms with E-state index in [0.29, 0.717) is 12.0 Å². The molecule has 0 aromatic carbocycles. The Bertz CT molecular complexity index is 783. The Balaban J connectivity index is 1.89. The second-order valence-electron chi connectivity index (χ2n) is 6.04. The fourth-order valence-corrected chi connectivity index (χ4v) is 3.22. The van der Waals surface area contributed by atoms with E-state index in [1.165, 1.54) is 21.3 Å². The van der Waals surface area contributed by atoms with Gasteiger partial charge in [-0.1, -0.05) is 0 Å². The standard InChI is InChI=1S/C17H21N3O5/c1-23-16(22)13-9-17(24-2,25-3)11-19(10-13)15(21)12-5-7-20-14(8-12)4-6-18-20/h4-8,13H,9-11H2,1-3H3. The van der Waals surface area contributed by atoms with Crippen LogP contribution in [0.15, 0.2) is 30.6 Å². The Hall–Kier alpha value is -2.45. The number of pyridine rings is 1. The number of likely N-dealkylation sites (tertiary alicyclic amines) is 1. The second-order valence-corrected chi connectivity index (χ2v) is 6.04. The van der Waals surface area contributed by atoms with Crippen LogP contribution >= 0.6 is 0 Å². The Morgan fingerprint density at radius 3 is 2.68 bits per heavy atom. The first-order chi connectivity index (χ1) is 12.0. The van der Waals surface area contributed by atoms with Crippen molar-refractivity contribution in [3.8, 4) is 0 Å². The van der Waals surface area contributed by atoms with Crippen molar-refractivity contribution in [3.63, 3.8) is 0 Å². The van der Waals surface area contributed by atoms with E-state index in [9.17, 15) is 9.59 Å². The number of rotatable bonds is 4. The molecule has 0 N–H and O–H groups in total. The van der Waals surface area contributed by atoms with Gasteiger partial charge in [0.2, 0.25) is 0 Å². The second kappa shape index (κ2) is 6.81. The molecule has 1 unspecified atom stereocenters. The van der Waals surface area contributed by atoms with Crippen LogP contribution in [0.3, 0.4) is 0 Å². The molecule has 0 bridgehead atoms. The molecular formula is C17H21N3O5. The molecule has 3 heterocycles. The minimum Gasteiger partial charge on any atom is -0.469 e. The van der Waals surface area contributed by atoms with Gasteiger partial charge in [0.25, 0.3) is 5.91 Å². The predicted octanol–water partition coefficient (Wildman–Crippen LogP) is 0.958. The van der Waals surface area contributed by atoms with Gasteiger partial charge in [-0.2, -0.15) is 5.10 Å². The van der Waals surface area contributed by atoms with E-state index in [2.05, 4.69) is 5.10 Å². The first kappa shape index (κ1) is 17.4. The van der Waals surface area contributed by atoms with Gasteiger partial charge in [0.15, 0.2) is 5.79 Å². The quantitative estimate of drug-likeness (QED) is 0.605. The summed E-state index contributed by atoms with van der Waals surface area (Å²) in [7, 11) is 4.34. The Morgan fingerprint density at radius 2 is 2.00 bits per heavy atom. The van der Waals surface area contributed by atoms with Gasteiger partial charge in [-0.3, -0.25) is 9.59 Å². The van der Waals surface area contributed by atoms with Crippen LogP contribution in [0.4, 0.5) is 0 Å². The van der Waals surface area contributed by atoms with Gasteiger partial charge in [-0.15, -0.1) is 0 Å². The van der Waals surface area contributed by atoms with E-state index in [-0.39, 0.29) is 25.0 Å². The zero-order valence-corrected chi connectivity index (χ0v) is 14.5. The third-order valence-electron chi connectivity index (χ3n) is 4.64. The first-order valence-corrected chi connectivity index (χ1v) is 7.93. The van der Waals surface area contributed by atoms with Gasteiger partial charge in [0.1, 0.15) is 0 Å². The van der Waals surface area contributed by atoms with Gasteiger partial charge in [0, 0.05) is 45.1 Å². The third kappa shape index (κ3) is 3.22. The summed E-state index contributed by atoms with van der Waals surface area (Å²) < 4.78 is 17.5. The summed E-state index contributed by atoms with van der Waals surface area (Å²) in [4.78, 5) is 26.6. The minimum atomic E-state index is -1.03. The SMILES string of the molecule is COC(=O)C1CN(C(=O)c2ccn3nccc3c2)CC(OC)(OC)C1. The number of hydrogen-bond donors (Lipinski definition) is 0. The highest BCUT2D eigenvalue weighted by Gasteiger charge is 2.45. The number of esters is 1. The molecule has 8 nitrogen and oxygen atoms in total. The fourth-order valence-electron chi connectivity index (χ4n) is 3.22. The van der Waals surface area contributed by atoms with Gasteiger partial charge in [-0.05, 0) is 18.2 Å². The van der Waals surface area contributed by atoms with Crippen LogP contribution in [0.25, 0.3) is 5.52 Å². The van der Waals surface area contributed by atoms with Crippen LogP contribution in [0.1, 0.15) is 16.8 Å². The fraction of sp³-hybridized carbons (Fsp3) is 0.471. The summed E-state index contributed by atoms with van der Waals surface area (Å²) in [5.41, 5.74) is 1.33. The molecule has 8 heteroatoms. The maximum atomic E-state index is 13.0. The molecule has 25 heavy (non-hydrogen) atoms. The van der Waals surface area contributed by atoms with Gasteiger partial charge >= 0.3 is 5.97 Å². The predicted molar refractivity (Wildman–Crippen MR) is 88.0 cm³/mol. The van der Waals surface area contributed by atoms with Crippen LogP contribution in [-0.2, 0) is 19.0 Å². The van der Waals surface area contributed by atoms with E-state index in [0.717, 1.165) is 5.52 Å². The molecule has 1 aliphatic heterocycles. The van der Waals surface area contributed by atoms with Crippen molar-refractivity contribution in [3.05, 3.63) is 36.2 Å². The Morgan fingerprint density at radius 1 is 1.24 bits per heavy atom. The molecule has 0 spiro atoms. The largest absolute Gasteiger partial charge is 0.469 e. The molecule has 1 fully saturated rings. The van der Waals surface area contributed by atoms with Crippen LogP contribution in [0.2, 0.25) is 0 Å². The van der Waals surface area contributed by atoms with Gasteiger partial charge in [0.05, 0.1) is 25.1 Å². The van der Waals surface area contributed by atoms with E-state index < -0.39 is 11.7 Å². The summed E-state index contributed by atoms with van der Waals surface area (Å²) in [5.74, 6) is -2.13. The smallest absolute Gasteiger partial charge is 0.310 e. The number of carbonyl (C=O) groups excluding carboxylic acids is 2. The van der Waals surface area contributed by atoms with Crippen molar-refractivity contribution in [1.29, 1.82) is 0 Å². The number of ether oxygens (including phenoxy) is 3. The highest BCUT2D eigenvalue weighted by molar-refractivity contribution is 5.95. The molecule has 1 aliphatic rings. The third-order valence-corrected chi connectivity index (χ3v) is 4.64. The molecular weight excluding hydrogens is 326 g/mol. The van der Waals surface area contributed by atoms with Crippen LogP contribution in [-0.4, -0.2) is 66.6 Å². The number of aromatic nitrogens is 2. The van der Waals surface area contributed by atoms with E-state index in [1.54, 1.807) is 33.9 Å². The summed E-state index contributed by atoms with van der Waals surface area (Å²) in [6, 6.07) is 5.28. The van der Waals surface area contributed by atoms with E-state index >= 15 is 0 Å². The highest BCUT2D eigenvalue weighted by atomic mass is 16.7. The summed E-state index contributed by atoms with van der Waals surface area (Å²) in [6.45, 7) is 0.487. The van der Waals surface area contributed by atoms with Crippen molar-refractivity contribution in [2.24, 2.45) is 5.92 Å². The van der Waals surface area contributed by atoms with Crippen LogP contribution in [0, 0.1) is 5.92 Å². The van der Waals surface area contributed by atoms with Crippen molar-refractivity contribution in [2.45, 2.75) is 12.2 Å². The molecule has 3 rings (SSSR count). The number of piperidine rings is 1. The molecule has 0 aliphatic carbocycles. The molecule has 0 radical (unpaired) electrons. The normalized spacial score (nSPS) is 19.8. The number of nitrogens with zero attached hydrogens (tertiary/aromatic N) is 3. The topological polar surface area (TPSA) is 82.4 Å². The highest BCUT2D eigenvalue weighted by Crippen LogP contribution is 2.31. The molecule has 1 amide bonds. The minimum absolute atomic E-state index is 0.198. The van der Waals surface area contributed by atoms with E-state index in [4.69, 9.17) is 14.2 Å².